The average Bonchev–Trinajstić information content (AvgIpc) is 3.32. The van der Waals surface area contributed by atoms with Crippen LogP contribution < -0.4 is 4.74 Å². The normalized spacial score (nSPS) is 15.2. The molecule has 166 valence electrons. The number of fused-ring (bicyclic) bond motifs is 1. The lowest BCUT2D eigenvalue weighted by Gasteiger charge is -2.39. The van der Waals surface area contributed by atoms with Gasteiger partial charge in [0.05, 0.1) is 7.11 Å². The van der Waals surface area contributed by atoms with E-state index in [-0.39, 0.29) is 24.4 Å². The van der Waals surface area contributed by atoms with Crippen molar-refractivity contribution in [1.82, 2.24) is 14.4 Å². The summed E-state index contributed by atoms with van der Waals surface area (Å²) in [7, 11) is 1.65. The summed E-state index contributed by atoms with van der Waals surface area (Å²) in [6.07, 6.45) is 2.83. The van der Waals surface area contributed by atoms with Crippen LogP contribution in [0.4, 0.5) is 0 Å². The lowest BCUT2D eigenvalue weighted by Crippen LogP contribution is -2.48. The quantitative estimate of drug-likeness (QED) is 0.569. The third-order valence-corrected chi connectivity index (χ3v) is 5.92. The number of nitrogens with zero attached hydrogens (tertiary/aromatic N) is 3. The van der Waals surface area contributed by atoms with E-state index in [1.807, 2.05) is 66.6 Å². The first-order chi connectivity index (χ1) is 15.6. The summed E-state index contributed by atoms with van der Waals surface area (Å²) in [4.78, 5) is 30.2. The molecule has 1 aliphatic heterocycles. The van der Waals surface area contributed by atoms with Gasteiger partial charge in [0, 0.05) is 42.7 Å². The maximum Gasteiger partial charge on any atom is 0.254 e. The molecule has 2 aromatic carbocycles. The van der Waals surface area contributed by atoms with E-state index in [0.29, 0.717) is 18.7 Å². The van der Waals surface area contributed by atoms with Crippen molar-refractivity contribution in [2.45, 2.75) is 25.9 Å². The monoisotopic (exact) mass is 431 g/mol. The number of para-hydroxylation sites is 1. The fourth-order valence-corrected chi connectivity index (χ4v) is 4.41. The van der Waals surface area contributed by atoms with E-state index in [4.69, 9.17) is 4.74 Å². The molecule has 0 bridgehead atoms. The van der Waals surface area contributed by atoms with Crippen LogP contribution in [-0.4, -0.2) is 52.9 Å². The first kappa shape index (κ1) is 21.7. The van der Waals surface area contributed by atoms with E-state index >= 15 is 0 Å². The minimum atomic E-state index is -0.266. The molecule has 0 radical (unpaired) electrons. The largest absolute Gasteiger partial charge is 0.496 e. The maximum atomic E-state index is 13.6. The van der Waals surface area contributed by atoms with Crippen molar-refractivity contribution in [3.8, 4) is 5.75 Å². The summed E-state index contributed by atoms with van der Waals surface area (Å²) in [5.74, 6) is 0.567. The number of hydrogen-bond acceptors (Lipinski definition) is 3. The minimum Gasteiger partial charge on any atom is -0.496 e. The summed E-state index contributed by atoms with van der Waals surface area (Å²) < 4.78 is 7.80. The lowest BCUT2D eigenvalue weighted by molar-refractivity contribution is -0.134. The van der Waals surface area contributed by atoms with E-state index in [2.05, 4.69) is 10.6 Å². The first-order valence-corrected chi connectivity index (χ1v) is 11.1. The lowest BCUT2D eigenvalue weighted by atomic mass is 9.98. The zero-order valence-corrected chi connectivity index (χ0v) is 18.6. The molecule has 0 saturated heterocycles. The Morgan fingerprint density at radius 3 is 2.50 bits per heavy atom. The minimum absolute atomic E-state index is 0.0495. The molecule has 0 N–H and O–H groups in total. The number of carbonyl (C=O) groups excluding carboxylic acids is 2. The van der Waals surface area contributed by atoms with Crippen LogP contribution in [0.25, 0.3) is 0 Å². The molecule has 1 aliphatic rings. The van der Waals surface area contributed by atoms with Crippen LogP contribution in [0.3, 0.4) is 0 Å². The van der Waals surface area contributed by atoms with Crippen molar-refractivity contribution in [3.05, 3.63) is 89.7 Å². The average molecular weight is 432 g/mol. The van der Waals surface area contributed by atoms with Crippen LogP contribution in [0.5, 0.6) is 5.75 Å². The van der Waals surface area contributed by atoms with Gasteiger partial charge in [0.15, 0.2) is 0 Å². The van der Waals surface area contributed by atoms with Crippen molar-refractivity contribution >= 4 is 11.8 Å². The molecule has 1 atom stereocenters. The van der Waals surface area contributed by atoms with Crippen molar-refractivity contribution in [3.63, 3.8) is 0 Å². The number of rotatable bonds is 7. The number of methoxy groups -OCH3 is 1. The molecule has 3 aromatic rings. The molecule has 1 unspecified atom stereocenters. The van der Waals surface area contributed by atoms with Crippen molar-refractivity contribution in [1.29, 1.82) is 0 Å². The maximum absolute atomic E-state index is 13.6. The highest BCUT2D eigenvalue weighted by Crippen LogP contribution is 2.37. The van der Waals surface area contributed by atoms with Gasteiger partial charge in [0.25, 0.3) is 5.91 Å². The smallest absolute Gasteiger partial charge is 0.254 e. The third-order valence-electron chi connectivity index (χ3n) is 5.92. The van der Waals surface area contributed by atoms with Crippen LogP contribution in [0, 0.1) is 0 Å². The zero-order chi connectivity index (χ0) is 22.5. The summed E-state index contributed by atoms with van der Waals surface area (Å²) in [6, 6.07) is 20.8. The fourth-order valence-electron chi connectivity index (χ4n) is 4.41. The van der Waals surface area contributed by atoms with Gasteiger partial charge in [-0.3, -0.25) is 9.59 Å². The van der Waals surface area contributed by atoms with Gasteiger partial charge in [-0.05, 0) is 36.8 Å². The van der Waals surface area contributed by atoms with E-state index in [1.165, 1.54) is 0 Å². The van der Waals surface area contributed by atoms with Gasteiger partial charge in [-0.2, -0.15) is 0 Å². The molecule has 32 heavy (non-hydrogen) atoms. The van der Waals surface area contributed by atoms with E-state index in [0.717, 1.165) is 30.0 Å². The molecular weight excluding hydrogens is 402 g/mol. The molecular formula is C26H29N3O3. The molecule has 4 rings (SSSR count). The Labute approximate surface area is 189 Å². The second kappa shape index (κ2) is 9.73. The number of amides is 2. The van der Waals surface area contributed by atoms with Crippen LogP contribution in [0.1, 0.15) is 41.0 Å². The van der Waals surface area contributed by atoms with Crippen LogP contribution in [-0.2, 0) is 11.3 Å². The van der Waals surface area contributed by atoms with Crippen molar-refractivity contribution in [2.24, 2.45) is 0 Å². The molecule has 0 fully saturated rings. The van der Waals surface area contributed by atoms with Gasteiger partial charge < -0.3 is 19.1 Å². The summed E-state index contributed by atoms with van der Waals surface area (Å²) in [5, 5.41) is 0. The highest BCUT2D eigenvalue weighted by molar-refractivity contribution is 5.96. The summed E-state index contributed by atoms with van der Waals surface area (Å²) in [5.41, 5.74) is 2.59. The topological polar surface area (TPSA) is 54.8 Å². The van der Waals surface area contributed by atoms with E-state index in [1.54, 1.807) is 24.1 Å². The number of carbonyl (C=O) groups is 2. The van der Waals surface area contributed by atoms with Crippen LogP contribution in [0.15, 0.2) is 72.9 Å². The second-order valence-corrected chi connectivity index (χ2v) is 7.95. The molecule has 6 nitrogen and oxygen atoms in total. The Kier molecular flexibility index (Phi) is 6.59. The number of hydrogen-bond donors (Lipinski definition) is 0. The first-order valence-electron chi connectivity index (χ1n) is 11.1. The standard InChI is InChI=1S/C26H29N3O3/c1-3-15-28(26(31)20-10-5-4-6-11-20)19-24(30)29-18-17-27-16-9-13-22(27)25(29)21-12-7-8-14-23(21)32-2/h4-14,16,25H,3,15,17-19H2,1-2H3. The predicted octanol–water partition coefficient (Wildman–Crippen LogP) is 3.98. The molecule has 0 spiro atoms. The molecule has 0 saturated carbocycles. The van der Waals surface area contributed by atoms with Gasteiger partial charge in [-0.15, -0.1) is 0 Å². The predicted molar refractivity (Wildman–Crippen MR) is 124 cm³/mol. The Morgan fingerprint density at radius 2 is 1.75 bits per heavy atom. The third kappa shape index (κ3) is 4.26. The summed E-state index contributed by atoms with van der Waals surface area (Å²) in [6.45, 7) is 3.89. The Bertz CT molecular complexity index is 1080. The number of benzene rings is 2. The van der Waals surface area contributed by atoms with Crippen LogP contribution in [0.2, 0.25) is 0 Å². The molecule has 6 heteroatoms. The van der Waals surface area contributed by atoms with Crippen molar-refractivity contribution in [2.75, 3.05) is 26.7 Å². The van der Waals surface area contributed by atoms with Gasteiger partial charge in [0.1, 0.15) is 18.3 Å². The Morgan fingerprint density at radius 1 is 1.00 bits per heavy atom. The summed E-state index contributed by atoms with van der Waals surface area (Å²) >= 11 is 0. The van der Waals surface area contributed by atoms with Gasteiger partial charge in [-0.1, -0.05) is 43.3 Å². The Balaban J connectivity index is 1.64. The van der Waals surface area contributed by atoms with Gasteiger partial charge in [-0.25, -0.2) is 0 Å². The SMILES string of the molecule is CCCN(CC(=O)N1CCn2cccc2C1c1ccccc1OC)C(=O)c1ccccc1. The highest BCUT2D eigenvalue weighted by Gasteiger charge is 2.34. The fraction of sp³-hybridized carbons (Fsp3) is 0.308. The molecule has 2 amide bonds. The number of aromatic nitrogens is 1. The van der Waals surface area contributed by atoms with E-state index in [9.17, 15) is 9.59 Å². The van der Waals surface area contributed by atoms with Crippen LogP contribution >= 0.6 is 0 Å². The highest BCUT2D eigenvalue weighted by atomic mass is 16.5. The Hall–Kier alpha value is -3.54. The van der Waals surface area contributed by atoms with Gasteiger partial charge >= 0.3 is 0 Å². The molecule has 0 aliphatic carbocycles. The zero-order valence-electron chi connectivity index (χ0n) is 18.6. The molecule has 1 aromatic heterocycles. The van der Waals surface area contributed by atoms with Crippen molar-refractivity contribution < 1.29 is 14.3 Å². The van der Waals surface area contributed by atoms with E-state index < -0.39 is 0 Å². The number of ether oxygens (including phenoxy) is 1. The molecule has 2 heterocycles. The van der Waals surface area contributed by atoms with Gasteiger partial charge in [0.2, 0.25) is 5.91 Å². The second-order valence-electron chi connectivity index (χ2n) is 7.95.